The number of likely N-dealkylation sites (tertiary alicyclic amines) is 1. The van der Waals surface area contributed by atoms with Gasteiger partial charge >= 0.3 is 0 Å². The third kappa shape index (κ3) is 3.10. The summed E-state index contributed by atoms with van der Waals surface area (Å²) in [6, 6.07) is 0.294. The molecule has 19 heavy (non-hydrogen) atoms. The first-order chi connectivity index (χ1) is 9.02. The zero-order valence-electron chi connectivity index (χ0n) is 12.3. The van der Waals surface area contributed by atoms with Gasteiger partial charge in [0.25, 0.3) is 0 Å². The second kappa shape index (κ2) is 5.93. The van der Waals surface area contributed by atoms with E-state index in [1.807, 2.05) is 6.92 Å². The van der Waals surface area contributed by atoms with Gasteiger partial charge in [-0.15, -0.1) is 0 Å². The van der Waals surface area contributed by atoms with Crippen molar-refractivity contribution in [1.29, 1.82) is 0 Å². The van der Waals surface area contributed by atoms with Crippen LogP contribution in [0.2, 0.25) is 0 Å². The summed E-state index contributed by atoms with van der Waals surface area (Å²) < 4.78 is 0. The number of rotatable bonds is 3. The summed E-state index contributed by atoms with van der Waals surface area (Å²) in [5.41, 5.74) is 0. The van der Waals surface area contributed by atoms with Gasteiger partial charge < -0.3 is 10.2 Å². The highest BCUT2D eigenvalue weighted by molar-refractivity contribution is 5.89. The van der Waals surface area contributed by atoms with Crippen molar-refractivity contribution in [2.45, 2.75) is 52.5 Å². The molecule has 1 saturated heterocycles. The molecule has 0 aromatic rings. The Morgan fingerprint density at radius 3 is 2.74 bits per heavy atom. The molecule has 2 amide bonds. The van der Waals surface area contributed by atoms with Crippen molar-refractivity contribution in [1.82, 2.24) is 10.2 Å². The van der Waals surface area contributed by atoms with E-state index in [9.17, 15) is 9.59 Å². The molecule has 2 rings (SSSR count). The minimum atomic E-state index is -0.142. The van der Waals surface area contributed by atoms with Crippen LogP contribution in [0.3, 0.4) is 0 Å². The summed E-state index contributed by atoms with van der Waals surface area (Å²) in [6.45, 7) is 7.76. The van der Waals surface area contributed by atoms with E-state index in [0.717, 1.165) is 6.42 Å². The van der Waals surface area contributed by atoms with Gasteiger partial charge in [0.1, 0.15) is 0 Å². The van der Waals surface area contributed by atoms with E-state index >= 15 is 0 Å². The molecule has 0 bridgehead atoms. The van der Waals surface area contributed by atoms with Crippen molar-refractivity contribution in [3.8, 4) is 0 Å². The molecule has 1 saturated carbocycles. The molecule has 2 fully saturated rings. The highest BCUT2D eigenvalue weighted by atomic mass is 16.2. The topological polar surface area (TPSA) is 49.4 Å². The average Bonchev–Trinajstić information content (AvgIpc) is 2.76. The van der Waals surface area contributed by atoms with Crippen molar-refractivity contribution in [2.75, 3.05) is 13.1 Å². The quantitative estimate of drug-likeness (QED) is 0.846. The summed E-state index contributed by atoms with van der Waals surface area (Å²) in [5.74, 6) is 1.27. The van der Waals surface area contributed by atoms with E-state index < -0.39 is 0 Å². The van der Waals surface area contributed by atoms with E-state index in [1.54, 1.807) is 4.90 Å². The van der Waals surface area contributed by atoms with Crippen LogP contribution in [0.5, 0.6) is 0 Å². The third-order valence-corrected chi connectivity index (χ3v) is 5.00. The second-order valence-electron chi connectivity index (χ2n) is 6.22. The third-order valence-electron chi connectivity index (χ3n) is 5.00. The number of carbonyl (C=O) groups is 2. The van der Waals surface area contributed by atoms with Crippen LogP contribution in [0.25, 0.3) is 0 Å². The Hall–Kier alpha value is -1.06. The predicted octanol–water partition coefficient (Wildman–Crippen LogP) is 1.80. The maximum atomic E-state index is 12.3. The van der Waals surface area contributed by atoms with Gasteiger partial charge in [0, 0.05) is 25.6 Å². The van der Waals surface area contributed by atoms with E-state index in [1.165, 1.54) is 12.8 Å². The normalized spacial score (nSPS) is 35.5. The lowest BCUT2D eigenvalue weighted by Crippen LogP contribution is -2.46. The van der Waals surface area contributed by atoms with Gasteiger partial charge in [-0.1, -0.05) is 26.7 Å². The monoisotopic (exact) mass is 266 g/mol. The Morgan fingerprint density at radius 2 is 2.11 bits per heavy atom. The van der Waals surface area contributed by atoms with Crippen molar-refractivity contribution < 1.29 is 9.59 Å². The van der Waals surface area contributed by atoms with Crippen LogP contribution in [-0.4, -0.2) is 35.8 Å². The van der Waals surface area contributed by atoms with E-state index in [0.29, 0.717) is 37.4 Å². The summed E-state index contributed by atoms with van der Waals surface area (Å²) in [7, 11) is 0. The number of carbonyl (C=O) groups excluding carboxylic acids is 2. The maximum Gasteiger partial charge on any atom is 0.225 e. The van der Waals surface area contributed by atoms with Gasteiger partial charge in [-0.2, -0.15) is 0 Å². The first-order valence-corrected chi connectivity index (χ1v) is 7.61. The Kier molecular flexibility index (Phi) is 4.48. The first-order valence-electron chi connectivity index (χ1n) is 7.61. The zero-order chi connectivity index (χ0) is 14.0. The number of nitrogens with one attached hydrogen (secondary N) is 1. The lowest BCUT2D eigenvalue weighted by molar-refractivity contribution is -0.129. The molecular weight excluding hydrogens is 240 g/mol. The fourth-order valence-electron chi connectivity index (χ4n) is 3.34. The van der Waals surface area contributed by atoms with Crippen LogP contribution < -0.4 is 5.32 Å². The van der Waals surface area contributed by atoms with Crippen LogP contribution in [-0.2, 0) is 9.59 Å². The number of hydrogen-bond acceptors (Lipinski definition) is 2. The highest BCUT2D eigenvalue weighted by Gasteiger charge is 2.35. The lowest BCUT2D eigenvalue weighted by Gasteiger charge is -2.35. The molecule has 0 aromatic carbocycles. The van der Waals surface area contributed by atoms with E-state index in [2.05, 4.69) is 19.2 Å². The Labute approximate surface area is 115 Å². The molecule has 4 nitrogen and oxygen atoms in total. The van der Waals surface area contributed by atoms with Gasteiger partial charge in [-0.05, 0) is 25.2 Å². The standard InChI is InChI=1S/C15H26N2O2/c1-4-17-9-12(8-14(17)18)15(19)16-13-7-5-6-10(2)11(13)3/h10-13H,4-9H2,1-3H3,(H,16,19)/t10-,11-,12+,13+/m0/s1. The Bertz CT molecular complexity index is 356. The van der Waals surface area contributed by atoms with Crippen LogP contribution in [0.1, 0.15) is 46.5 Å². The van der Waals surface area contributed by atoms with Crippen LogP contribution in [0.4, 0.5) is 0 Å². The number of hydrogen-bond donors (Lipinski definition) is 1. The summed E-state index contributed by atoms with van der Waals surface area (Å²) in [5, 5.41) is 3.19. The average molecular weight is 266 g/mol. The van der Waals surface area contributed by atoms with Gasteiger partial charge in [-0.25, -0.2) is 0 Å². The summed E-state index contributed by atoms with van der Waals surface area (Å²) in [4.78, 5) is 25.7. The number of amides is 2. The molecule has 1 heterocycles. The van der Waals surface area contributed by atoms with Gasteiger partial charge in [0.15, 0.2) is 0 Å². The molecular formula is C15H26N2O2. The highest BCUT2D eigenvalue weighted by Crippen LogP contribution is 2.30. The number of nitrogens with zero attached hydrogens (tertiary/aromatic N) is 1. The van der Waals surface area contributed by atoms with Gasteiger partial charge in [0.05, 0.1) is 5.92 Å². The first kappa shape index (κ1) is 14.4. The Balaban J connectivity index is 1.89. The summed E-state index contributed by atoms with van der Waals surface area (Å²) >= 11 is 0. The van der Waals surface area contributed by atoms with Crippen molar-refractivity contribution in [3.63, 3.8) is 0 Å². The smallest absolute Gasteiger partial charge is 0.225 e. The van der Waals surface area contributed by atoms with Crippen molar-refractivity contribution in [3.05, 3.63) is 0 Å². The SMILES string of the molecule is CCN1C[C@H](C(=O)N[C@@H]2CCC[C@H](C)[C@@H]2C)CC1=O. The molecule has 0 radical (unpaired) electrons. The van der Waals surface area contributed by atoms with Crippen LogP contribution in [0, 0.1) is 17.8 Å². The molecule has 4 atom stereocenters. The Morgan fingerprint density at radius 1 is 1.37 bits per heavy atom. The fraction of sp³-hybridized carbons (Fsp3) is 0.867. The minimum absolute atomic E-state index is 0.0789. The van der Waals surface area contributed by atoms with E-state index in [-0.39, 0.29) is 17.7 Å². The molecule has 108 valence electrons. The van der Waals surface area contributed by atoms with Crippen LogP contribution >= 0.6 is 0 Å². The molecule has 1 aliphatic carbocycles. The van der Waals surface area contributed by atoms with Crippen molar-refractivity contribution in [2.24, 2.45) is 17.8 Å². The molecule has 2 aliphatic rings. The van der Waals surface area contributed by atoms with Crippen LogP contribution in [0.15, 0.2) is 0 Å². The van der Waals surface area contributed by atoms with Gasteiger partial charge in [-0.3, -0.25) is 9.59 Å². The molecule has 0 aromatic heterocycles. The van der Waals surface area contributed by atoms with Crippen molar-refractivity contribution >= 4 is 11.8 Å². The molecule has 0 unspecified atom stereocenters. The predicted molar refractivity (Wildman–Crippen MR) is 74.5 cm³/mol. The largest absolute Gasteiger partial charge is 0.353 e. The molecule has 1 aliphatic heterocycles. The van der Waals surface area contributed by atoms with E-state index in [4.69, 9.17) is 0 Å². The summed E-state index contributed by atoms with van der Waals surface area (Å²) in [6.07, 6.45) is 3.92. The minimum Gasteiger partial charge on any atom is -0.353 e. The molecule has 0 spiro atoms. The molecule has 1 N–H and O–H groups in total. The van der Waals surface area contributed by atoms with Gasteiger partial charge in [0.2, 0.25) is 11.8 Å². The molecule has 4 heteroatoms. The maximum absolute atomic E-state index is 12.3. The fourth-order valence-corrected chi connectivity index (χ4v) is 3.34. The zero-order valence-corrected chi connectivity index (χ0v) is 12.3. The second-order valence-corrected chi connectivity index (χ2v) is 6.22. The lowest BCUT2D eigenvalue weighted by atomic mass is 9.78.